The van der Waals surface area contributed by atoms with Crippen molar-refractivity contribution in [3.8, 4) is 5.75 Å². The highest BCUT2D eigenvalue weighted by molar-refractivity contribution is 7.15. The smallest absolute Gasteiger partial charge is 0.311 e. The maximum atomic E-state index is 11.1. The number of aromatic nitrogens is 2. The molecule has 0 radical (unpaired) electrons. The average Bonchev–Trinajstić information content (AvgIpc) is 3.05. The van der Waals surface area contributed by atoms with Crippen LogP contribution in [0.15, 0.2) is 36.0 Å². The van der Waals surface area contributed by atoms with Crippen LogP contribution < -0.4 is 4.74 Å². The summed E-state index contributed by atoms with van der Waals surface area (Å²) in [4.78, 5) is 15.8. The zero-order chi connectivity index (χ0) is 14.8. The summed E-state index contributed by atoms with van der Waals surface area (Å²) in [6, 6.07) is 4.70. The molecule has 21 heavy (non-hydrogen) atoms. The number of nitro groups is 1. The number of ether oxygens (including phenoxy) is 1. The molecule has 0 amide bonds. The van der Waals surface area contributed by atoms with Crippen LogP contribution in [0.25, 0.3) is 4.96 Å². The molecule has 1 aromatic carbocycles. The van der Waals surface area contributed by atoms with E-state index in [0.717, 1.165) is 10.7 Å². The lowest BCUT2D eigenvalue weighted by Crippen LogP contribution is -2.00. The summed E-state index contributed by atoms with van der Waals surface area (Å²) in [5.41, 5.74) is 1.31. The molecule has 0 bridgehead atoms. The van der Waals surface area contributed by atoms with Gasteiger partial charge in [0.1, 0.15) is 6.61 Å². The third-order valence-corrected chi connectivity index (χ3v) is 3.97. The number of thiazole rings is 1. The van der Waals surface area contributed by atoms with Gasteiger partial charge in [-0.2, -0.15) is 0 Å². The first-order chi connectivity index (χ1) is 10.2. The van der Waals surface area contributed by atoms with E-state index in [4.69, 9.17) is 16.3 Å². The van der Waals surface area contributed by atoms with Crippen molar-refractivity contribution >= 4 is 33.6 Å². The molecule has 0 aliphatic heterocycles. The van der Waals surface area contributed by atoms with Crippen molar-refractivity contribution in [2.45, 2.75) is 12.5 Å². The van der Waals surface area contributed by atoms with Gasteiger partial charge in [-0.3, -0.25) is 14.5 Å². The molecule has 0 aliphatic rings. The minimum atomic E-state index is -0.475. The maximum Gasteiger partial charge on any atom is 0.311 e. The molecule has 2 heterocycles. The predicted octanol–water partition coefficient (Wildman–Crippen LogP) is 3.62. The summed E-state index contributed by atoms with van der Waals surface area (Å²) in [7, 11) is 0. The van der Waals surface area contributed by atoms with Gasteiger partial charge in [-0.05, 0) is 11.6 Å². The Bertz CT molecular complexity index is 770. The summed E-state index contributed by atoms with van der Waals surface area (Å²) in [5, 5.41) is 13.0. The second kappa shape index (κ2) is 5.71. The van der Waals surface area contributed by atoms with E-state index in [2.05, 4.69) is 4.98 Å². The standard InChI is InChI=1S/C13H10ClN3O3S/c14-6-9-1-2-12(11(5-9)17(18)19)20-8-10-7-16-3-4-21-13(16)15-10/h1-5,7H,6,8H2. The Balaban J connectivity index is 1.80. The lowest BCUT2D eigenvalue weighted by molar-refractivity contribution is -0.386. The molecular formula is C13H10ClN3O3S. The summed E-state index contributed by atoms with van der Waals surface area (Å²) in [5.74, 6) is 0.434. The van der Waals surface area contributed by atoms with Crippen LogP contribution in [0.3, 0.4) is 0 Å². The number of alkyl halides is 1. The Hall–Kier alpha value is -2.12. The molecule has 0 atom stereocenters. The van der Waals surface area contributed by atoms with E-state index in [-0.39, 0.29) is 23.9 Å². The maximum absolute atomic E-state index is 11.1. The topological polar surface area (TPSA) is 69.7 Å². The molecule has 108 valence electrons. The van der Waals surface area contributed by atoms with E-state index in [1.54, 1.807) is 12.1 Å². The minimum Gasteiger partial charge on any atom is -0.480 e. The molecule has 3 rings (SSSR count). The Morgan fingerprint density at radius 1 is 1.48 bits per heavy atom. The zero-order valence-corrected chi connectivity index (χ0v) is 12.3. The SMILES string of the molecule is O=[N+]([O-])c1cc(CCl)ccc1OCc1cn2ccsc2n1. The molecule has 0 N–H and O–H groups in total. The average molecular weight is 324 g/mol. The van der Waals surface area contributed by atoms with Crippen molar-refractivity contribution in [2.75, 3.05) is 0 Å². The van der Waals surface area contributed by atoms with Crippen LogP contribution in [0.1, 0.15) is 11.3 Å². The number of imidazole rings is 1. The van der Waals surface area contributed by atoms with Crippen molar-refractivity contribution in [3.63, 3.8) is 0 Å². The number of benzene rings is 1. The van der Waals surface area contributed by atoms with Crippen molar-refractivity contribution in [1.29, 1.82) is 0 Å². The Kier molecular flexibility index (Phi) is 3.76. The van der Waals surface area contributed by atoms with Crippen molar-refractivity contribution in [1.82, 2.24) is 9.38 Å². The first-order valence-corrected chi connectivity index (χ1v) is 7.46. The van der Waals surface area contributed by atoms with Crippen molar-refractivity contribution in [2.24, 2.45) is 0 Å². The van der Waals surface area contributed by atoms with Gasteiger partial charge in [-0.1, -0.05) is 6.07 Å². The number of rotatable bonds is 5. The monoisotopic (exact) mass is 323 g/mol. The number of hydrogen-bond donors (Lipinski definition) is 0. The molecule has 0 saturated carbocycles. The zero-order valence-electron chi connectivity index (χ0n) is 10.7. The van der Waals surface area contributed by atoms with Crippen LogP contribution in [0.2, 0.25) is 0 Å². The summed E-state index contributed by atoms with van der Waals surface area (Å²) in [6.45, 7) is 0.176. The van der Waals surface area contributed by atoms with Gasteiger partial charge in [-0.25, -0.2) is 4.98 Å². The lowest BCUT2D eigenvalue weighted by atomic mass is 10.2. The highest BCUT2D eigenvalue weighted by atomic mass is 35.5. The molecule has 3 aromatic rings. The van der Waals surface area contributed by atoms with Crippen LogP contribution in [-0.2, 0) is 12.5 Å². The molecule has 2 aromatic heterocycles. The largest absolute Gasteiger partial charge is 0.480 e. The normalized spacial score (nSPS) is 10.9. The second-order valence-electron chi connectivity index (χ2n) is 4.31. The van der Waals surface area contributed by atoms with Crippen LogP contribution in [0.4, 0.5) is 5.69 Å². The van der Waals surface area contributed by atoms with Crippen molar-refractivity contribution < 1.29 is 9.66 Å². The van der Waals surface area contributed by atoms with E-state index < -0.39 is 4.92 Å². The van der Waals surface area contributed by atoms with Gasteiger partial charge in [0.2, 0.25) is 0 Å². The first kappa shape index (κ1) is 13.8. The molecular weight excluding hydrogens is 314 g/mol. The third-order valence-electron chi connectivity index (χ3n) is 2.89. The predicted molar refractivity (Wildman–Crippen MR) is 80.1 cm³/mol. The summed E-state index contributed by atoms with van der Waals surface area (Å²) < 4.78 is 7.41. The second-order valence-corrected chi connectivity index (χ2v) is 5.45. The Morgan fingerprint density at radius 2 is 2.33 bits per heavy atom. The van der Waals surface area contributed by atoms with Crippen LogP contribution in [0.5, 0.6) is 5.75 Å². The number of hydrogen-bond acceptors (Lipinski definition) is 5. The minimum absolute atomic E-state index is 0.0887. The number of halogens is 1. The molecule has 0 spiro atoms. The highest BCUT2D eigenvalue weighted by Gasteiger charge is 2.16. The van der Waals surface area contributed by atoms with Crippen LogP contribution in [0, 0.1) is 10.1 Å². The molecule has 8 heteroatoms. The molecule has 0 unspecified atom stereocenters. The fourth-order valence-electron chi connectivity index (χ4n) is 1.91. The molecule has 0 saturated heterocycles. The van der Waals surface area contributed by atoms with Gasteiger partial charge in [0.05, 0.1) is 10.6 Å². The fraction of sp³-hybridized carbons (Fsp3) is 0.154. The van der Waals surface area contributed by atoms with Crippen LogP contribution in [-0.4, -0.2) is 14.3 Å². The Labute approximate surface area is 128 Å². The van der Waals surface area contributed by atoms with Gasteiger partial charge in [-0.15, -0.1) is 22.9 Å². The van der Waals surface area contributed by atoms with Gasteiger partial charge < -0.3 is 4.74 Å². The van der Waals surface area contributed by atoms with E-state index in [1.165, 1.54) is 17.4 Å². The summed E-state index contributed by atoms with van der Waals surface area (Å²) >= 11 is 7.20. The van der Waals surface area contributed by atoms with E-state index in [9.17, 15) is 10.1 Å². The third kappa shape index (κ3) is 2.84. The number of nitro benzene ring substituents is 1. The Morgan fingerprint density at radius 3 is 3.05 bits per heavy atom. The lowest BCUT2D eigenvalue weighted by Gasteiger charge is -2.06. The van der Waals surface area contributed by atoms with Crippen molar-refractivity contribution in [3.05, 3.63) is 57.3 Å². The summed E-state index contributed by atoms with van der Waals surface area (Å²) in [6.07, 6.45) is 3.74. The van der Waals surface area contributed by atoms with Gasteiger partial charge in [0, 0.05) is 29.7 Å². The van der Waals surface area contributed by atoms with Gasteiger partial charge in [0.25, 0.3) is 0 Å². The van der Waals surface area contributed by atoms with Gasteiger partial charge in [0.15, 0.2) is 10.7 Å². The highest BCUT2D eigenvalue weighted by Crippen LogP contribution is 2.29. The van der Waals surface area contributed by atoms with Gasteiger partial charge >= 0.3 is 5.69 Å². The molecule has 6 nitrogen and oxygen atoms in total. The molecule has 0 fully saturated rings. The number of nitrogens with zero attached hydrogens (tertiary/aromatic N) is 3. The van der Waals surface area contributed by atoms with E-state index in [0.29, 0.717) is 5.56 Å². The van der Waals surface area contributed by atoms with E-state index >= 15 is 0 Å². The quantitative estimate of drug-likeness (QED) is 0.408. The first-order valence-electron chi connectivity index (χ1n) is 6.04. The fourth-order valence-corrected chi connectivity index (χ4v) is 2.79. The number of fused-ring (bicyclic) bond motifs is 1. The van der Waals surface area contributed by atoms with E-state index in [1.807, 2.05) is 22.2 Å². The van der Waals surface area contributed by atoms with Crippen LogP contribution >= 0.6 is 22.9 Å². The molecule has 0 aliphatic carbocycles.